The number of rotatable bonds is 2. The largest absolute Gasteiger partial charge is 0.368 e. The standard InChI is InChI=1S/C12H17BrFN3O/c1-8-10(14)11(16-7-15-8)17-5-9(4-13)18-12(2,3)6-17/h7,9H,4-6H2,1-3H3. The van der Waals surface area contributed by atoms with Crippen LogP contribution in [0, 0.1) is 12.7 Å². The lowest BCUT2D eigenvalue weighted by molar-refractivity contribution is -0.0727. The Labute approximate surface area is 115 Å². The van der Waals surface area contributed by atoms with Crippen LogP contribution in [0.5, 0.6) is 0 Å². The van der Waals surface area contributed by atoms with Gasteiger partial charge >= 0.3 is 0 Å². The Bertz CT molecular complexity index is 441. The van der Waals surface area contributed by atoms with E-state index in [1.165, 1.54) is 6.33 Å². The molecule has 0 N–H and O–H groups in total. The molecule has 100 valence electrons. The van der Waals surface area contributed by atoms with Crippen molar-refractivity contribution in [3.63, 3.8) is 0 Å². The van der Waals surface area contributed by atoms with Crippen molar-refractivity contribution in [2.45, 2.75) is 32.5 Å². The SMILES string of the molecule is Cc1ncnc(N2CC(CBr)OC(C)(C)C2)c1F. The normalized spacial score (nSPS) is 23.2. The highest BCUT2D eigenvalue weighted by atomic mass is 79.9. The second kappa shape index (κ2) is 5.09. The fourth-order valence-electron chi connectivity index (χ4n) is 2.20. The monoisotopic (exact) mass is 317 g/mol. The van der Waals surface area contributed by atoms with E-state index in [4.69, 9.17) is 4.74 Å². The molecule has 1 aromatic rings. The predicted octanol–water partition coefficient (Wildman–Crippen LogP) is 2.30. The van der Waals surface area contributed by atoms with Gasteiger partial charge in [0.05, 0.1) is 17.4 Å². The lowest BCUT2D eigenvalue weighted by Crippen LogP contribution is -2.54. The van der Waals surface area contributed by atoms with Gasteiger partial charge in [-0.3, -0.25) is 0 Å². The second-order valence-electron chi connectivity index (χ2n) is 5.13. The van der Waals surface area contributed by atoms with Crippen molar-refractivity contribution in [3.05, 3.63) is 17.8 Å². The Balaban J connectivity index is 2.29. The summed E-state index contributed by atoms with van der Waals surface area (Å²) >= 11 is 3.42. The van der Waals surface area contributed by atoms with E-state index in [9.17, 15) is 4.39 Å². The van der Waals surface area contributed by atoms with Crippen LogP contribution >= 0.6 is 15.9 Å². The van der Waals surface area contributed by atoms with E-state index < -0.39 is 0 Å². The maximum atomic E-state index is 14.0. The van der Waals surface area contributed by atoms with Crippen LogP contribution in [0.2, 0.25) is 0 Å². The summed E-state index contributed by atoms with van der Waals surface area (Å²) in [4.78, 5) is 9.85. The number of aromatic nitrogens is 2. The summed E-state index contributed by atoms with van der Waals surface area (Å²) in [5.41, 5.74) is 0.0572. The summed E-state index contributed by atoms with van der Waals surface area (Å²) < 4.78 is 19.9. The molecule has 1 atom stereocenters. The van der Waals surface area contributed by atoms with Crippen LogP contribution in [-0.2, 0) is 4.74 Å². The number of morpholine rings is 1. The molecule has 2 heterocycles. The quantitative estimate of drug-likeness (QED) is 0.785. The fraction of sp³-hybridized carbons (Fsp3) is 0.667. The van der Waals surface area contributed by atoms with Crippen LogP contribution in [0.15, 0.2) is 6.33 Å². The number of ether oxygens (including phenoxy) is 1. The van der Waals surface area contributed by atoms with Crippen molar-refractivity contribution in [3.8, 4) is 0 Å². The molecule has 6 heteroatoms. The van der Waals surface area contributed by atoms with Crippen molar-refractivity contribution in [1.29, 1.82) is 0 Å². The van der Waals surface area contributed by atoms with Gasteiger partial charge in [-0.1, -0.05) is 15.9 Å². The molecular formula is C12H17BrFN3O. The zero-order chi connectivity index (χ0) is 13.3. The Morgan fingerprint density at radius 3 is 2.94 bits per heavy atom. The first-order chi connectivity index (χ1) is 8.43. The molecule has 1 fully saturated rings. The van der Waals surface area contributed by atoms with Gasteiger partial charge in [0.15, 0.2) is 11.6 Å². The van der Waals surface area contributed by atoms with Gasteiger partial charge in [-0.2, -0.15) is 0 Å². The Morgan fingerprint density at radius 2 is 2.28 bits per heavy atom. The van der Waals surface area contributed by atoms with Crippen LogP contribution in [0.4, 0.5) is 10.2 Å². The number of halogens is 2. The minimum absolute atomic E-state index is 0.0309. The predicted molar refractivity (Wildman–Crippen MR) is 71.7 cm³/mol. The van der Waals surface area contributed by atoms with Gasteiger partial charge in [0.1, 0.15) is 6.33 Å². The van der Waals surface area contributed by atoms with E-state index in [1.54, 1.807) is 6.92 Å². The average molecular weight is 318 g/mol. The van der Waals surface area contributed by atoms with Crippen LogP contribution in [-0.4, -0.2) is 40.1 Å². The topological polar surface area (TPSA) is 38.2 Å². The Morgan fingerprint density at radius 1 is 1.56 bits per heavy atom. The third-order valence-electron chi connectivity index (χ3n) is 2.90. The first-order valence-corrected chi connectivity index (χ1v) is 7.01. The summed E-state index contributed by atoms with van der Waals surface area (Å²) in [5, 5.41) is 0.721. The molecule has 0 amide bonds. The Kier molecular flexibility index (Phi) is 3.87. The number of anilines is 1. The molecule has 4 nitrogen and oxygen atoms in total. The van der Waals surface area contributed by atoms with Crippen molar-refractivity contribution < 1.29 is 9.13 Å². The van der Waals surface area contributed by atoms with Gasteiger partial charge in [0, 0.05) is 18.4 Å². The minimum atomic E-state index is -0.344. The molecule has 0 aromatic carbocycles. The van der Waals surface area contributed by atoms with E-state index in [0.717, 1.165) is 5.33 Å². The van der Waals surface area contributed by atoms with Crippen molar-refractivity contribution in [2.75, 3.05) is 23.3 Å². The van der Waals surface area contributed by atoms with Gasteiger partial charge in [0.25, 0.3) is 0 Å². The van der Waals surface area contributed by atoms with Gasteiger partial charge in [0.2, 0.25) is 0 Å². The minimum Gasteiger partial charge on any atom is -0.368 e. The summed E-state index contributed by atoms with van der Waals surface area (Å²) in [5.74, 6) is 0.0216. The number of hydrogen-bond acceptors (Lipinski definition) is 4. The Hall–Kier alpha value is -0.750. The van der Waals surface area contributed by atoms with E-state index in [2.05, 4.69) is 25.9 Å². The van der Waals surface area contributed by atoms with E-state index in [0.29, 0.717) is 24.6 Å². The summed E-state index contributed by atoms with van der Waals surface area (Å²) in [6.45, 7) is 6.89. The van der Waals surface area contributed by atoms with Crippen LogP contribution in [0.3, 0.4) is 0 Å². The molecule has 1 aliphatic rings. The van der Waals surface area contributed by atoms with E-state index in [1.807, 2.05) is 18.7 Å². The molecule has 1 unspecified atom stereocenters. The molecule has 0 bridgehead atoms. The molecule has 18 heavy (non-hydrogen) atoms. The first kappa shape index (κ1) is 13.7. The number of aryl methyl sites for hydroxylation is 1. The average Bonchev–Trinajstić information content (AvgIpc) is 2.30. The lowest BCUT2D eigenvalue weighted by atomic mass is 10.1. The highest BCUT2D eigenvalue weighted by Gasteiger charge is 2.34. The van der Waals surface area contributed by atoms with E-state index >= 15 is 0 Å². The third kappa shape index (κ3) is 2.80. The fourth-order valence-corrected chi connectivity index (χ4v) is 2.54. The molecule has 0 radical (unpaired) electrons. The third-order valence-corrected chi connectivity index (χ3v) is 3.62. The van der Waals surface area contributed by atoms with Crippen LogP contribution in [0.25, 0.3) is 0 Å². The maximum absolute atomic E-state index is 14.0. The number of nitrogens with zero attached hydrogens (tertiary/aromatic N) is 3. The number of alkyl halides is 1. The van der Waals surface area contributed by atoms with Gasteiger partial charge in [-0.05, 0) is 20.8 Å². The smallest absolute Gasteiger partial charge is 0.186 e. The molecule has 1 saturated heterocycles. The number of hydrogen-bond donors (Lipinski definition) is 0. The summed E-state index contributed by atoms with van der Waals surface area (Å²) in [6.07, 6.45) is 1.43. The summed E-state index contributed by atoms with van der Waals surface area (Å²) in [7, 11) is 0. The van der Waals surface area contributed by atoms with Gasteiger partial charge in [-0.25, -0.2) is 14.4 Å². The highest BCUT2D eigenvalue weighted by Crippen LogP contribution is 2.27. The molecule has 2 rings (SSSR count). The molecule has 1 aromatic heterocycles. The first-order valence-electron chi connectivity index (χ1n) is 5.89. The molecular weight excluding hydrogens is 301 g/mol. The second-order valence-corrected chi connectivity index (χ2v) is 5.78. The molecule has 1 aliphatic heterocycles. The van der Waals surface area contributed by atoms with Crippen molar-refractivity contribution in [1.82, 2.24) is 9.97 Å². The molecule has 0 spiro atoms. The van der Waals surface area contributed by atoms with Gasteiger partial charge in [-0.15, -0.1) is 0 Å². The van der Waals surface area contributed by atoms with Crippen LogP contribution < -0.4 is 4.90 Å². The lowest BCUT2D eigenvalue weighted by Gasteiger charge is -2.42. The molecule has 0 aliphatic carbocycles. The zero-order valence-corrected chi connectivity index (χ0v) is 12.4. The van der Waals surface area contributed by atoms with Crippen molar-refractivity contribution in [2.24, 2.45) is 0 Å². The zero-order valence-electron chi connectivity index (χ0n) is 10.8. The van der Waals surface area contributed by atoms with E-state index in [-0.39, 0.29) is 17.5 Å². The summed E-state index contributed by atoms with van der Waals surface area (Å²) in [6, 6.07) is 0. The maximum Gasteiger partial charge on any atom is 0.186 e. The van der Waals surface area contributed by atoms with Gasteiger partial charge < -0.3 is 9.64 Å². The van der Waals surface area contributed by atoms with Crippen LogP contribution in [0.1, 0.15) is 19.5 Å². The molecule has 0 saturated carbocycles. The highest BCUT2D eigenvalue weighted by molar-refractivity contribution is 9.09. The van der Waals surface area contributed by atoms with Crippen molar-refractivity contribution >= 4 is 21.7 Å².